The van der Waals surface area contributed by atoms with E-state index >= 15 is 0 Å². The first kappa shape index (κ1) is 19.2. The van der Waals surface area contributed by atoms with Crippen molar-refractivity contribution in [3.8, 4) is 0 Å². The van der Waals surface area contributed by atoms with Crippen molar-refractivity contribution in [1.29, 1.82) is 0 Å². The number of rotatable bonds is 7. The van der Waals surface area contributed by atoms with Gasteiger partial charge in [-0.1, -0.05) is 30.3 Å². The molecule has 0 radical (unpaired) electrons. The zero-order chi connectivity index (χ0) is 18.9. The lowest BCUT2D eigenvalue weighted by atomic mass is 10.0. The molecular weight excluding hydrogens is 338 g/mol. The predicted octanol–water partition coefficient (Wildman–Crippen LogP) is 2.12. The first-order valence-electron chi connectivity index (χ1n) is 9.60. The number of benzene rings is 1. The van der Waals surface area contributed by atoms with Crippen LogP contribution in [0.2, 0.25) is 0 Å². The molecule has 1 atom stereocenters. The SMILES string of the molecule is CN=C(NCc1ccnc(N2CCCC2)c1)NCC(CO)c1ccccc1. The Bertz CT molecular complexity index is 728. The fourth-order valence-electron chi connectivity index (χ4n) is 3.33. The van der Waals surface area contributed by atoms with Gasteiger partial charge in [0.15, 0.2) is 5.96 Å². The molecule has 1 aromatic carbocycles. The Hall–Kier alpha value is -2.60. The van der Waals surface area contributed by atoms with Crippen LogP contribution in [0.1, 0.15) is 29.9 Å². The van der Waals surface area contributed by atoms with Crippen molar-refractivity contribution in [2.45, 2.75) is 25.3 Å². The van der Waals surface area contributed by atoms with Gasteiger partial charge < -0.3 is 20.6 Å². The number of hydrogen-bond donors (Lipinski definition) is 3. The van der Waals surface area contributed by atoms with Crippen molar-refractivity contribution in [2.75, 3.05) is 38.2 Å². The Labute approximate surface area is 161 Å². The van der Waals surface area contributed by atoms with Crippen LogP contribution in [0, 0.1) is 0 Å². The van der Waals surface area contributed by atoms with Crippen LogP contribution in [-0.4, -0.2) is 49.3 Å². The summed E-state index contributed by atoms with van der Waals surface area (Å²) in [5, 5.41) is 16.4. The molecule has 1 fully saturated rings. The van der Waals surface area contributed by atoms with Crippen LogP contribution >= 0.6 is 0 Å². The number of anilines is 1. The molecule has 3 N–H and O–H groups in total. The topological polar surface area (TPSA) is 72.8 Å². The fourth-order valence-corrected chi connectivity index (χ4v) is 3.33. The predicted molar refractivity (Wildman–Crippen MR) is 110 cm³/mol. The van der Waals surface area contributed by atoms with Crippen molar-refractivity contribution in [3.63, 3.8) is 0 Å². The van der Waals surface area contributed by atoms with E-state index in [0.29, 0.717) is 13.1 Å². The number of nitrogens with zero attached hydrogens (tertiary/aromatic N) is 3. The molecule has 27 heavy (non-hydrogen) atoms. The molecule has 0 amide bonds. The molecule has 2 heterocycles. The van der Waals surface area contributed by atoms with Crippen molar-refractivity contribution in [1.82, 2.24) is 15.6 Å². The zero-order valence-electron chi connectivity index (χ0n) is 15.9. The van der Waals surface area contributed by atoms with Crippen LogP contribution in [0.15, 0.2) is 53.7 Å². The molecule has 0 spiro atoms. The highest BCUT2D eigenvalue weighted by molar-refractivity contribution is 5.79. The van der Waals surface area contributed by atoms with Crippen LogP contribution < -0.4 is 15.5 Å². The molecule has 2 aromatic rings. The monoisotopic (exact) mass is 367 g/mol. The van der Waals surface area contributed by atoms with Crippen molar-refractivity contribution >= 4 is 11.8 Å². The summed E-state index contributed by atoms with van der Waals surface area (Å²) >= 11 is 0. The fraction of sp³-hybridized carbons (Fsp3) is 0.429. The third-order valence-electron chi connectivity index (χ3n) is 4.93. The summed E-state index contributed by atoms with van der Waals surface area (Å²) in [5.74, 6) is 1.82. The Balaban J connectivity index is 1.52. The second-order valence-electron chi connectivity index (χ2n) is 6.81. The second kappa shape index (κ2) is 9.92. The van der Waals surface area contributed by atoms with Gasteiger partial charge in [0.05, 0.1) is 6.61 Å². The zero-order valence-corrected chi connectivity index (χ0v) is 15.9. The standard InChI is InChI=1S/C21H29N5O/c1-22-21(25-15-19(16-27)18-7-3-2-4-8-18)24-14-17-9-10-23-20(13-17)26-11-5-6-12-26/h2-4,7-10,13,19,27H,5-6,11-12,14-16H2,1H3,(H2,22,24,25). The molecular formula is C21H29N5O. The minimum absolute atomic E-state index is 0.0347. The average molecular weight is 367 g/mol. The van der Waals surface area contributed by atoms with E-state index in [2.05, 4.69) is 31.6 Å². The van der Waals surface area contributed by atoms with E-state index in [1.165, 1.54) is 18.4 Å². The number of aliphatic hydroxyl groups is 1. The molecule has 6 nitrogen and oxygen atoms in total. The molecule has 144 valence electrons. The van der Waals surface area contributed by atoms with E-state index < -0.39 is 0 Å². The number of hydrogen-bond acceptors (Lipinski definition) is 4. The van der Waals surface area contributed by atoms with E-state index in [4.69, 9.17) is 0 Å². The largest absolute Gasteiger partial charge is 0.396 e. The van der Waals surface area contributed by atoms with Crippen molar-refractivity contribution in [3.05, 3.63) is 59.8 Å². The van der Waals surface area contributed by atoms with Crippen LogP contribution in [0.5, 0.6) is 0 Å². The number of aliphatic hydroxyl groups excluding tert-OH is 1. The van der Waals surface area contributed by atoms with E-state index in [0.717, 1.165) is 30.4 Å². The maximum absolute atomic E-state index is 9.70. The highest BCUT2D eigenvalue weighted by Gasteiger charge is 2.14. The minimum Gasteiger partial charge on any atom is -0.396 e. The first-order valence-corrected chi connectivity index (χ1v) is 9.60. The summed E-state index contributed by atoms with van der Waals surface area (Å²) in [6.45, 7) is 3.58. The van der Waals surface area contributed by atoms with Gasteiger partial charge in [0, 0.05) is 45.3 Å². The van der Waals surface area contributed by atoms with Gasteiger partial charge in [0.2, 0.25) is 0 Å². The Morgan fingerprint density at radius 1 is 1.19 bits per heavy atom. The summed E-state index contributed by atoms with van der Waals surface area (Å²) in [6.07, 6.45) is 4.36. The van der Waals surface area contributed by atoms with Crippen LogP contribution in [0.4, 0.5) is 5.82 Å². The Morgan fingerprint density at radius 2 is 1.96 bits per heavy atom. The summed E-state index contributed by atoms with van der Waals surface area (Å²) in [7, 11) is 1.76. The van der Waals surface area contributed by atoms with Gasteiger partial charge in [-0.2, -0.15) is 0 Å². The lowest BCUT2D eigenvalue weighted by Gasteiger charge is -2.19. The van der Waals surface area contributed by atoms with E-state index in [9.17, 15) is 5.11 Å². The maximum atomic E-state index is 9.70. The summed E-state index contributed by atoms with van der Waals surface area (Å²) in [5.41, 5.74) is 2.30. The molecule has 1 unspecified atom stereocenters. The van der Waals surface area contributed by atoms with Crippen LogP contribution in [0.25, 0.3) is 0 Å². The number of nitrogens with one attached hydrogen (secondary N) is 2. The molecule has 6 heteroatoms. The first-order chi connectivity index (χ1) is 13.3. The van der Waals surface area contributed by atoms with Crippen molar-refractivity contribution in [2.24, 2.45) is 4.99 Å². The van der Waals surface area contributed by atoms with Crippen LogP contribution in [0.3, 0.4) is 0 Å². The molecule has 3 rings (SSSR count). The molecule has 1 aromatic heterocycles. The van der Waals surface area contributed by atoms with Gasteiger partial charge in [0.25, 0.3) is 0 Å². The number of aromatic nitrogens is 1. The third kappa shape index (κ3) is 5.44. The summed E-state index contributed by atoms with van der Waals surface area (Å²) in [4.78, 5) is 11.1. The van der Waals surface area contributed by atoms with Gasteiger partial charge in [-0.05, 0) is 36.1 Å². The lowest BCUT2D eigenvalue weighted by Crippen LogP contribution is -2.39. The number of pyridine rings is 1. The molecule has 1 aliphatic heterocycles. The van der Waals surface area contributed by atoms with Gasteiger partial charge in [0.1, 0.15) is 5.82 Å². The van der Waals surface area contributed by atoms with E-state index in [-0.39, 0.29) is 12.5 Å². The lowest BCUT2D eigenvalue weighted by molar-refractivity contribution is 0.265. The average Bonchev–Trinajstić information content (AvgIpc) is 3.27. The highest BCUT2D eigenvalue weighted by Crippen LogP contribution is 2.18. The normalized spacial score (nSPS) is 15.6. The quantitative estimate of drug-likeness (QED) is 0.516. The molecule has 0 bridgehead atoms. The number of guanidine groups is 1. The van der Waals surface area contributed by atoms with Gasteiger partial charge in [-0.25, -0.2) is 4.98 Å². The Kier molecular flexibility index (Phi) is 7.04. The minimum atomic E-state index is 0.0347. The smallest absolute Gasteiger partial charge is 0.191 e. The van der Waals surface area contributed by atoms with Crippen molar-refractivity contribution < 1.29 is 5.11 Å². The Morgan fingerprint density at radius 3 is 2.67 bits per heavy atom. The number of aliphatic imine (C=N–C) groups is 1. The van der Waals surface area contributed by atoms with Gasteiger partial charge in [-0.3, -0.25) is 4.99 Å². The molecule has 0 aliphatic carbocycles. The molecule has 0 saturated carbocycles. The molecule has 1 saturated heterocycles. The highest BCUT2D eigenvalue weighted by atomic mass is 16.3. The van der Waals surface area contributed by atoms with Crippen LogP contribution in [-0.2, 0) is 6.54 Å². The molecule has 1 aliphatic rings. The third-order valence-corrected chi connectivity index (χ3v) is 4.93. The second-order valence-corrected chi connectivity index (χ2v) is 6.81. The van der Waals surface area contributed by atoms with E-state index in [1.54, 1.807) is 7.05 Å². The maximum Gasteiger partial charge on any atom is 0.191 e. The van der Waals surface area contributed by atoms with Gasteiger partial charge >= 0.3 is 0 Å². The summed E-state index contributed by atoms with van der Waals surface area (Å²) < 4.78 is 0. The van der Waals surface area contributed by atoms with Gasteiger partial charge in [-0.15, -0.1) is 0 Å². The summed E-state index contributed by atoms with van der Waals surface area (Å²) in [6, 6.07) is 14.2. The van der Waals surface area contributed by atoms with E-state index in [1.807, 2.05) is 42.6 Å².